The first-order valence-corrected chi connectivity index (χ1v) is 5.34. The first-order chi connectivity index (χ1) is 7.11. The van der Waals surface area contributed by atoms with Crippen molar-refractivity contribution in [1.29, 1.82) is 0 Å². The molecule has 1 heterocycles. The minimum Gasteiger partial charge on any atom is -0.368 e. The number of anilines is 1. The Morgan fingerprint density at radius 2 is 2.33 bits per heavy atom. The van der Waals surface area contributed by atoms with Gasteiger partial charge in [0.1, 0.15) is 5.67 Å². The van der Waals surface area contributed by atoms with Crippen LogP contribution in [-0.4, -0.2) is 18.8 Å². The van der Waals surface area contributed by atoms with Gasteiger partial charge < -0.3 is 10.6 Å². The zero-order valence-corrected chi connectivity index (χ0v) is 9.04. The molecule has 0 spiro atoms. The van der Waals surface area contributed by atoms with Crippen LogP contribution in [-0.2, 0) is 6.54 Å². The highest BCUT2D eigenvalue weighted by atomic mass is 19.1. The van der Waals surface area contributed by atoms with Crippen molar-refractivity contribution in [2.24, 2.45) is 5.73 Å². The summed E-state index contributed by atoms with van der Waals surface area (Å²) in [7, 11) is 0. The SMILES string of the molecule is CC1(F)CCN(c2cccc(CN)c2)C1. The van der Waals surface area contributed by atoms with Crippen LogP contribution in [0.15, 0.2) is 24.3 Å². The molecule has 1 aromatic rings. The van der Waals surface area contributed by atoms with E-state index in [0.717, 1.165) is 17.8 Å². The number of alkyl halides is 1. The van der Waals surface area contributed by atoms with Gasteiger partial charge >= 0.3 is 0 Å². The van der Waals surface area contributed by atoms with E-state index in [1.807, 2.05) is 24.3 Å². The van der Waals surface area contributed by atoms with E-state index in [2.05, 4.69) is 4.90 Å². The summed E-state index contributed by atoms with van der Waals surface area (Å²) in [5.41, 5.74) is 6.72. The lowest BCUT2D eigenvalue weighted by Gasteiger charge is -2.20. The molecule has 82 valence electrons. The average molecular weight is 208 g/mol. The highest BCUT2D eigenvalue weighted by Crippen LogP contribution is 2.29. The predicted octanol–water partition coefficient (Wildman–Crippen LogP) is 2.08. The fourth-order valence-electron chi connectivity index (χ4n) is 2.02. The van der Waals surface area contributed by atoms with Gasteiger partial charge in [-0.15, -0.1) is 0 Å². The van der Waals surface area contributed by atoms with Crippen molar-refractivity contribution < 1.29 is 4.39 Å². The van der Waals surface area contributed by atoms with E-state index < -0.39 is 5.67 Å². The van der Waals surface area contributed by atoms with E-state index in [1.54, 1.807) is 6.92 Å². The van der Waals surface area contributed by atoms with Crippen LogP contribution >= 0.6 is 0 Å². The zero-order chi connectivity index (χ0) is 10.9. The van der Waals surface area contributed by atoms with Crippen molar-refractivity contribution in [3.63, 3.8) is 0 Å². The van der Waals surface area contributed by atoms with E-state index >= 15 is 0 Å². The van der Waals surface area contributed by atoms with E-state index in [0.29, 0.717) is 19.5 Å². The molecule has 0 saturated carbocycles. The maximum absolute atomic E-state index is 13.7. The average Bonchev–Trinajstić information content (AvgIpc) is 2.59. The standard InChI is InChI=1S/C12H17FN2/c1-12(13)5-6-15(9-12)11-4-2-3-10(7-11)8-14/h2-4,7H,5-6,8-9,14H2,1H3. The topological polar surface area (TPSA) is 29.3 Å². The summed E-state index contributed by atoms with van der Waals surface area (Å²) in [6.07, 6.45) is 0.611. The van der Waals surface area contributed by atoms with Crippen LogP contribution < -0.4 is 10.6 Å². The molecule has 0 amide bonds. The van der Waals surface area contributed by atoms with E-state index in [4.69, 9.17) is 5.73 Å². The van der Waals surface area contributed by atoms with Gasteiger partial charge in [-0.3, -0.25) is 0 Å². The van der Waals surface area contributed by atoms with Gasteiger partial charge in [0.25, 0.3) is 0 Å². The first kappa shape index (κ1) is 10.4. The molecular weight excluding hydrogens is 191 g/mol. The first-order valence-electron chi connectivity index (χ1n) is 5.34. The third kappa shape index (κ3) is 2.29. The van der Waals surface area contributed by atoms with Gasteiger partial charge in [0.05, 0.1) is 6.54 Å². The van der Waals surface area contributed by atoms with E-state index in [-0.39, 0.29) is 0 Å². The van der Waals surface area contributed by atoms with Crippen LogP contribution in [0.5, 0.6) is 0 Å². The summed E-state index contributed by atoms with van der Waals surface area (Å²) < 4.78 is 13.7. The fourth-order valence-corrected chi connectivity index (χ4v) is 2.02. The molecule has 1 saturated heterocycles. The Hall–Kier alpha value is -1.09. The number of hydrogen-bond donors (Lipinski definition) is 1. The van der Waals surface area contributed by atoms with Crippen molar-refractivity contribution in [2.75, 3.05) is 18.0 Å². The second kappa shape index (κ2) is 3.81. The van der Waals surface area contributed by atoms with Crippen LogP contribution in [0, 0.1) is 0 Å². The molecule has 1 fully saturated rings. The molecule has 0 aliphatic carbocycles. The molecule has 0 bridgehead atoms. The summed E-state index contributed by atoms with van der Waals surface area (Å²) in [6.45, 7) is 3.48. The third-order valence-corrected chi connectivity index (χ3v) is 2.93. The molecule has 1 aliphatic heterocycles. The van der Waals surface area contributed by atoms with Crippen molar-refractivity contribution in [1.82, 2.24) is 0 Å². The van der Waals surface area contributed by atoms with Crippen LogP contribution in [0.3, 0.4) is 0 Å². The van der Waals surface area contributed by atoms with Crippen molar-refractivity contribution >= 4 is 5.69 Å². The van der Waals surface area contributed by atoms with Gasteiger partial charge in [0.2, 0.25) is 0 Å². The van der Waals surface area contributed by atoms with E-state index in [9.17, 15) is 4.39 Å². The zero-order valence-electron chi connectivity index (χ0n) is 9.04. The molecule has 2 nitrogen and oxygen atoms in total. The van der Waals surface area contributed by atoms with E-state index in [1.165, 1.54) is 0 Å². The lowest BCUT2D eigenvalue weighted by Crippen LogP contribution is -2.25. The second-order valence-corrected chi connectivity index (χ2v) is 4.46. The molecule has 2 N–H and O–H groups in total. The maximum atomic E-state index is 13.7. The molecule has 1 aliphatic rings. The van der Waals surface area contributed by atoms with Crippen molar-refractivity contribution in [3.8, 4) is 0 Å². The fraction of sp³-hybridized carbons (Fsp3) is 0.500. The number of hydrogen-bond acceptors (Lipinski definition) is 2. The van der Waals surface area contributed by atoms with Gasteiger partial charge in [-0.2, -0.15) is 0 Å². The molecule has 2 rings (SSSR count). The van der Waals surface area contributed by atoms with Crippen LogP contribution in [0.2, 0.25) is 0 Å². The number of rotatable bonds is 2. The Balaban J connectivity index is 2.16. The van der Waals surface area contributed by atoms with Crippen LogP contribution in [0.1, 0.15) is 18.9 Å². The summed E-state index contributed by atoms with van der Waals surface area (Å²) in [5.74, 6) is 0. The number of halogens is 1. The van der Waals surface area contributed by atoms with Crippen LogP contribution in [0.4, 0.5) is 10.1 Å². The lowest BCUT2D eigenvalue weighted by molar-refractivity contribution is 0.221. The van der Waals surface area contributed by atoms with Gasteiger partial charge in [-0.05, 0) is 24.6 Å². The minimum atomic E-state index is -1.04. The summed E-state index contributed by atoms with van der Waals surface area (Å²) in [5, 5.41) is 0. The number of nitrogens with zero attached hydrogens (tertiary/aromatic N) is 1. The van der Waals surface area contributed by atoms with Gasteiger partial charge in [0.15, 0.2) is 0 Å². The summed E-state index contributed by atoms with van der Waals surface area (Å²) >= 11 is 0. The van der Waals surface area contributed by atoms with Crippen LogP contribution in [0.25, 0.3) is 0 Å². The number of benzene rings is 1. The lowest BCUT2D eigenvalue weighted by atomic mass is 10.1. The Bertz CT molecular complexity index is 349. The molecule has 15 heavy (non-hydrogen) atoms. The predicted molar refractivity (Wildman–Crippen MR) is 60.7 cm³/mol. The molecule has 1 unspecified atom stereocenters. The number of nitrogens with two attached hydrogens (primary N) is 1. The molecule has 1 atom stereocenters. The molecule has 3 heteroatoms. The molecule has 0 aromatic heterocycles. The highest BCUT2D eigenvalue weighted by molar-refractivity contribution is 5.50. The maximum Gasteiger partial charge on any atom is 0.127 e. The molecule has 1 aromatic carbocycles. The van der Waals surface area contributed by atoms with Gasteiger partial charge in [0, 0.05) is 25.2 Å². The summed E-state index contributed by atoms with van der Waals surface area (Å²) in [4.78, 5) is 2.08. The largest absolute Gasteiger partial charge is 0.368 e. The normalized spacial score (nSPS) is 25.9. The minimum absolute atomic E-state index is 0.487. The van der Waals surface area contributed by atoms with Crippen molar-refractivity contribution in [2.45, 2.75) is 25.6 Å². The highest BCUT2D eigenvalue weighted by Gasteiger charge is 2.33. The van der Waals surface area contributed by atoms with Gasteiger partial charge in [-0.25, -0.2) is 4.39 Å². The smallest absolute Gasteiger partial charge is 0.127 e. The Morgan fingerprint density at radius 1 is 1.53 bits per heavy atom. The monoisotopic (exact) mass is 208 g/mol. The van der Waals surface area contributed by atoms with Gasteiger partial charge in [-0.1, -0.05) is 12.1 Å². The second-order valence-electron chi connectivity index (χ2n) is 4.46. The quantitative estimate of drug-likeness (QED) is 0.806. The Labute approximate surface area is 89.9 Å². The van der Waals surface area contributed by atoms with Crippen molar-refractivity contribution in [3.05, 3.63) is 29.8 Å². The Kier molecular flexibility index (Phi) is 2.65. The molecular formula is C12H17FN2. The Morgan fingerprint density at radius 3 is 2.93 bits per heavy atom. The third-order valence-electron chi connectivity index (χ3n) is 2.93. The summed E-state index contributed by atoms with van der Waals surface area (Å²) in [6, 6.07) is 8.03. The molecule has 0 radical (unpaired) electrons.